The van der Waals surface area contributed by atoms with E-state index in [-0.39, 0.29) is 5.75 Å². The summed E-state index contributed by atoms with van der Waals surface area (Å²) in [6.45, 7) is 1.08. The number of ether oxygens (including phenoxy) is 2. The van der Waals surface area contributed by atoms with Crippen LogP contribution in [0.5, 0.6) is 17.2 Å². The highest BCUT2D eigenvalue weighted by Gasteiger charge is 2.43. The lowest BCUT2D eigenvalue weighted by molar-refractivity contribution is -0.145. The van der Waals surface area contributed by atoms with Crippen LogP contribution in [0.2, 0.25) is 0 Å². The highest BCUT2D eigenvalue weighted by atomic mass is 16.5. The van der Waals surface area contributed by atoms with Gasteiger partial charge in [-0.05, 0) is 18.9 Å². The van der Waals surface area contributed by atoms with E-state index in [9.17, 15) is 15.0 Å². The van der Waals surface area contributed by atoms with Crippen molar-refractivity contribution in [3.63, 3.8) is 0 Å². The van der Waals surface area contributed by atoms with Crippen molar-refractivity contribution in [3.8, 4) is 17.2 Å². The van der Waals surface area contributed by atoms with E-state index in [1.807, 2.05) is 0 Å². The van der Waals surface area contributed by atoms with Crippen molar-refractivity contribution >= 4 is 5.97 Å². The van der Waals surface area contributed by atoms with Gasteiger partial charge in [0, 0.05) is 18.1 Å². The zero-order valence-electron chi connectivity index (χ0n) is 11.9. The minimum atomic E-state index is -1.01. The third-order valence-corrected chi connectivity index (χ3v) is 4.50. The van der Waals surface area contributed by atoms with Gasteiger partial charge in [0.05, 0.1) is 18.6 Å². The molecule has 1 aliphatic carbocycles. The van der Waals surface area contributed by atoms with Gasteiger partial charge in [-0.25, -0.2) is 0 Å². The van der Waals surface area contributed by atoms with E-state index in [4.69, 9.17) is 9.47 Å². The average Bonchev–Trinajstić information content (AvgIpc) is 2.71. The molecule has 0 spiro atoms. The van der Waals surface area contributed by atoms with E-state index >= 15 is 0 Å². The number of hydrogen-bond acceptors (Lipinski definition) is 4. The summed E-state index contributed by atoms with van der Waals surface area (Å²) in [5.74, 6) is 0.145. The molecule has 1 saturated carbocycles. The summed E-state index contributed by atoms with van der Waals surface area (Å²) >= 11 is 0. The fourth-order valence-corrected chi connectivity index (χ4v) is 3.34. The minimum Gasteiger partial charge on any atom is -0.507 e. The van der Waals surface area contributed by atoms with Crippen LogP contribution in [0, 0.1) is 0 Å². The Labute approximate surface area is 123 Å². The van der Waals surface area contributed by atoms with Gasteiger partial charge >= 0.3 is 5.97 Å². The van der Waals surface area contributed by atoms with Crippen molar-refractivity contribution in [1.29, 1.82) is 0 Å². The Morgan fingerprint density at radius 2 is 1.62 bits per heavy atom. The van der Waals surface area contributed by atoms with Crippen molar-refractivity contribution in [3.05, 3.63) is 17.7 Å². The van der Waals surface area contributed by atoms with Crippen LogP contribution >= 0.6 is 0 Å². The first-order chi connectivity index (χ1) is 10.1. The molecule has 1 aromatic rings. The Morgan fingerprint density at radius 3 is 2.24 bits per heavy atom. The molecule has 0 saturated heterocycles. The highest BCUT2D eigenvalue weighted by Crippen LogP contribution is 2.47. The number of carbonyl (C=O) groups is 1. The van der Waals surface area contributed by atoms with Gasteiger partial charge in [0.15, 0.2) is 11.5 Å². The van der Waals surface area contributed by atoms with Gasteiger partial charge in [-0.1, -0.05) is 19.3 Å². The molecule has 0 unspecified atom stereocenters. The molecule has 0 aromatic heterocycles. The van der Waals surface area contributed by atoms with E-state index in [0.717, 1.165) is 25.7 Å². The third kappa shape index (κ3) is 2.41. The Kier molecular flexibility index (Phi) is 3.66. The van der Waals surface area contributed by atoms with Crippen LogP contribution in [0.25, 0.3) is 0 Å². The Bertz CT molecular complexity index is 546. The molecule has 2 aliphatic rings. The standard InChI is InChI=1S/C16H20O5/c17-12-10-14-13(20-7-4-8-21-14)9-11(12)16(15(18)19)5-2-1-3-6-16/h9-10,17H,1-8H2,(H,18,19). The minimum absolute atomic E-state index is 0.0106. The quantitative estimate of drug-likeness (QED) is 0.876. The normalized spacial score (nSPS) is 20.6. The van der Waals surface area contributed by atoms with Crippen LogP contribution < -0.4 is 9.47 Å². The molecule has 5 nitrogen and oxygen atoms in total. The molecule has 21 heavy (non-hydrogen) atoms. The lowest BCUT2D eigenvalue weighted by Gasteiger charge is -2.34. The van der Waals surface area contributed by atoms with Crippen molar-refractivity contribution in [2.75, 3.05) is 13.2 Å². The molecule has 0 bridgehead atoms. The van der Waals surface area contributed by atoms with Crippen LogP contribution in [0.3, 0.4) is 0 Å². The molecule has 1 aliphatic heterocycles. The molecule has 1 aromatic carbocycles. The Hall–Kier alpha value is -1.91. The van der Waals surface area contributed by atoms with Crippen LogP contribution in [-0.4, -0.2) is 29.4 Å². The Morgan fingerprint density at radius 1 is 1.00 bits per heavy atom. The molecule has 0 radical (unpaired) electrons. The van der Waals surface area contributed by atoms with Crippen molar-refractivity contribution in [2.24, 2.45) is 0 Å². The van der Waals surface area contributed by atoms with E-state index < -0.39 is 11.4 Å². The molecule has 2 N–H and O–H groups in total. The average molecular weight is 292 g/mol. The number of carboxylic acids is 1. The second kappa shape index (κ2) is 5.47. The van der Waals surface area contributed by atoms with Gasteiger partial charge < -0.3 is 19.7 Å². The Balaban J connectivity index is 2.07. The number of carboxylic acid groups (broad SMARTS) is 1. The van der Waals surface area contributed by atoms with Gasteiger partial charge in [-0.3, -0.25) is 4.79 Å². The highest BCUT2D eigenvalue weighted by molar-refractivity contribution is 5.83. The number of benzene rings is 1. The molecule has 3 rings (SSSR count). The molecule has 114 valence electrons. The maximum Gasteiger partial charge on any atom is 0.314 e. The molecule has 5 heteroatoms. The van der Waals surface area contributed by atoms with Gasteiger partial charge in [0.25, 0.3) is 0 Å². The molecular weight excluding hydrogens is 272 g/mol. The second-order valence-electron chi connectivity index (χ2n) is 5.81. The fourth-order valence-electron chi connectivity index (χ4n) is 3.34. The zero-order valence-corrected chi connectivity index (χ0v) is 11.9. The van der Waals surface area contributed by atoms with E-state index in [2.05, 4.69) is 0 Å². The smallest absolute Gasteiger partial charge is 0.314 e. The van der Waals surface area contributed by atoms with Gasteiger partial charge in [-0.15, -0.1) is 0 Å². The SMILES string of the molecule is O=C(O)C1(c2cc3c(cc2O)OCCCO3)CCCCC1. The second-order valence-corrected chi connectivity index (χ2v) is 5.81. The number of phenols is 1. The van der Waals surface area contributed by atoms with Gasteiger partial charge in [-0.2, -0.15) is 0 Å². The summed E-state index contributed by atoms with van der Waals surface area (Å²) in [5.41, 5.74) is -0.550. The van der Waals surface area contributed by atoms with Crippen LogP contribution in [0.1, 0.15) is 44.1 Å². The van der Waals surface area contributed by atoms with Crippen LogP contribution in [0.4, 0.5) is 0 Å². The van der Waals surface area contributed by atoms with E-state index in [1.165, 1.54) is 6.07 Å². The van der Waals surface area contributed by atoms with Crippen LogP contribution in [0.15, 0.2) is 12.1 Å². The number of fused-ring (bicyclic) bond motifs is 1. The predicted molar refractivity (Wildman–Crippen MR) is 76.1 cm³/mol. The topological polar surface area (TPSA) is 76.0 Å². The number of rotatable bonds is 2. The number of hydrogen-bond donors (Lipinski definition) is 2. The fraction of sp³-hybridized carbons (Fsp3) is 0.562. The van der Waals surface area contributed by atoms with Gasteiger partial charge in [0.1, 0.15) is 5.75 Å². The molecular formula is C16H20O5. The summed E-state index contributed by atoms with van der Waals surface area (Å²) in [4.78, 5) is 11.9. The van der Waals surface area contributed by atoms with Crippen molar-refractivity contribution in [2.45, 2.75) is 43.9 Å². The summed E-state index contributed by atoms with van der Waals surface area (Å²) in [7, 11) is 0. The van der Waals surface area contributed by atoms with Crippen molar-refractivity contribution < 1.29 is 24.5 Å². The monoisotopic (exact) mass is 292 g/mol. The largest absolute Gasteiger partial charge is 0.507 e. The molecule has 0 atom stereocenters. The van der Waals surface area contributed by atoms with Crippen molar-refractivity contribution in [1.82, 2.24) is 0 Å². The first-order valence-electron chi connectivity index (χ1n) is 7.50. The van der Waals surface area contributed by atoms with Gasteiger partial charge in [0.2, 0.25) is 0 Å². The molecule has 1 fully saturated rings. The maximum atomic E-state index is 11.9. The first kappa shape index (κ1) is 14.0. The number of phenolic OH excluding ortho intramolecular Hbond substituents is 1. The summed E-state index contributed by atoms with van der Waals surface area (Å²) in [6, 6.07) is 3.16. The number of aromatic hydroxyl groups is 1. The molecule has 1 heterocycles. The summed E-state index contributed by atoms with van der Waals surface area (Å²) < 4.78 is 11.2. The predicted octanol–water partition coefficient (Wildman–Crippen LogP) is 2.84. The lowest BCUT2D eigenvalue weighted by atomic mass is 9.69. The summed E-state index contributed by atoms with van der Waals surface area (Å²) in [6.07, 6.45) is 4.64. The van der Waals surface area contributed by atoms with E-state index in [0.29, 0.717) is 43.1 Å². The first-order valence-corrected chi connectivity index (χ1v) is 7.50. The van der Waals surface area contributed by atoms with Crippen LogP contribution in [-0.2, 0) is 10.2 Å². The molecule has 0 amide bonds. The third-order valence-electron chi connectivity index (χ3n) is 4.50. The maximum absolute atomic E-state index is 11.9. The zero-order chi connectivity index (χ0) is 14.9. The number of aliphatic carboxylic acids is 1. The van der Waals surface area contributed by atoms with E-state index in [1.54, 1.807) is 6.07 Å². The summed E-state index contributed by atoms with van der Waals surface area (Å²) in [5, 5.41) is 20.1. The lowest BCUT2D eigenvalue weighted by Crippen LogP contribution is -2.37.